The molecule has 2 unspecified atom stereocenters. The molecule has 0 saturated heterocycles. The Bertz CT molecular complexity index is 1480. The maximum Gasteiger partial charge on any atom is 0.434 e. The van der Waals surface area contributed by atoms with Crippen LogP contribution in [0.3, 0.4) is 0 Å². The second kappa shape index (κ2) is 8.48. The fraction of sp³-hybridized carbons (Fsp3) is 0.417. The van der Waals surface area contributed by atoms with Crippen molar-refractivity contribution in [1.29, 1.82) is 0 Å². The lowest BCUT2D eigenvalue weighted by molar-refractivity contribution is 0.134. The summed E-state index contributed by atoms with van der Waals surface area (Å²) in [5.74, 6) is -0.800. The Hall–Kier alpha value is -2.66. The molecule has 11 heteroatoms. The van der Waals surface area contributed by atoms with Gasteiger partial charge in [-0.2, -0.15) is 4.31 Å². The van der Waals surface area contributed by atoms with E-state index in [1.165, 1.54) is 10.4 Å². The molecule has 3 heterocycles. The Labute approximate surface area is 208 Å². The number of sulfonamides is 1. The summed E-state index contributed by atoms with van der Waals surface area (Å²) in [5.41, 5.74) is 4.64. The van der Waals surface area contributed by atoms with Gasteiger partial charge in [-0.15, -0.1) is 5.10 Å². The van der Waals surface area contributed by atoms with Crippen LogP contribution >= 0.6 is 11.6 Å². The quantitative estimate of drug-likeness (QED) is 0.563. The average molecular weight is 519 g/mol. The maximum absolute atomic E-state index is 14.3. The minimum absolute atomic E-state index is 0.0218. The summed E-state index contributed by atoms with van der Waals surface area (Å²) >= 11 is 6.50. The molecule has 2 aliphatic heterocycles. The summed E-state index contributed by atoms with van der Waals surface area (Å²) in [6.45, 7) is 6.45. The first-order valence-electron chi connectivity index (χ1n) is 11.3. The molecule has 186 valence electrons. The van der Waals surface area contributed by atoms with E-state index in [4.69, 9.17) is 20.8 Å². The molecule has 0 saturated carbocycles. The van der Waals surface area contributed by atoms with Crippen molar-refractivity contribution in [2.75, 3.05) is 20.7 Å². The predicted octanol–water partition coefficient (Wildman–Crippen LogP) is 3.68. The lowest BCUT2D eigenvalue weighted by Gasteiger charge is -2.43. The van der Waals surface area contributed by atoms with E-state index in [2.05, 4.69) is 10.2 Å². The fourth-order valence-corrected chi connectivity index (χ4v) is 7.49. The Morgan fingerprint density at radius 1 is 1.23 bits per heavy atom. The van der Waals surface area contributed by atoms with Crippen molar-refractivity contribution >= 4 is 21.6 Å². The highest BCUT2D eigenvalue weighted by atomic mass is 35.5. The number of hydrogen-bond acceptors (Lipinski definition) is 7. The minimum atomic E-state index is -4.13. The summed E-state index contributed by atoms with van der Waals surface area (Å²) in [6, 6.07) is 5.51. The zero-order valence-corrected chi connectivity index (χ0v) is 21.7. The van der Waals surface area contributed by atoms with Gasteiger partial charge < -0.3 is 14.1 Å². The van der Waals surface area contributed by atoms with Gasteiger partial charge in [0.1, 0.15) is 23.3 Å². The maximum atomic E-state index is 14.3. The van der Waals surface area contributed by atoms with Crippen LogP contribution < -0.4 is 10.5 Å². The van der Waals surface area contributed by atoms with Crippen molar-refractivity contribution in [3.63, 3.8) is 0 Å². The summed E-state index contributed by atoms with van der Waals surface area (Å²) in [5, 5.41) is 6.77. The van der Waals surface area contributed by atoms with E-state index in [-0.39, 0.29) is 29.1 Å². The van der Waals surface area contributed by atoms with Gasteiger partial charge in [-0.25, -0.2) is 18.3 Å². The second-order valence-electron chi connectivity index (χ2n) is 9.45. The van der Waals surface area contributed by atoms with Crippen molar-refractivity contribution < 1.29 is 17.6 Å². The molecule has 0 spiro atoms. The van der Waals surface area contributed by atoms with Gasteiger partial charge >= 0.3 is 5.76 Å². The molecule has 0 fully saturated rings. The molecule has 2 aromatic carbocycles. The highest BCUT2D eigenvalue weighted by Crippen LogP contribution is 2.53. The highest BCUT2D eigenvalue weighted by molar-refractivity contribution is 7.89. The molecule has 9 nitrogen and oxygen atoms in total. The number of H-pyrrole nitrogens is 1. The predicted molar refractivity (Wildman–Crippen MR) is 130 cm³/mol. The first-order valence-corrected chi connectivity index (χ1v) is 13.1. The number of aromatic amines is 1. The lowest BCUT2D eigenvalue weighted by Crippen LogP contribution is -2.45. The molecule has 3 atom stereocenters. The molecule has 2 aliphatic rings. The Morgan fingerprint density at radius 2 is 1.97 bits per heavy atom. The van der Waals surface area contributed by atoms with E-state index in [1.807, 2.05) is 51.9 Å². The van der Waals surface area contributed by atoms with E-state index in [0.29, 0.717) is 17.1 Å². The van der Waals surface area contributed by atoms with Crippen LogP contribution in [0.1, 0.15) is 58.6 Å². The zero-order chi connectivity index (χ0) is 25.2. The summed E-state index contributed by atoms with van der Waals surface area (Å²) < 4.78 is 41.7. The number of fused-ring (bicyclic) bond motifs is 4. The third-order valence-electron chi connectivity index (χ3n) is 6.98. The smallest absolute Gasteiger partial charge is 0.434 e. The van der Waals surface area contributed by atoms with E-state index >= 15 is 0 Å². The molecule has 3 aromatic rings. The number of benzene rings is 2. The second-order valence-corrected chi connectivity index (χ2v) is 11.7. The van der Waals surface area contributed by atoms with Crippen molar-refractivity contribution in [2.24, 2.45) is 0 Å². The minimum Gasteiger partial charge on any atom is -0.490 e. The van der Waals surface area contributed by atoms with Crippen LogP contribution in [-0.4, -0.2) is 48.5 Å². The molecule has 35 heavy (non-hydrogen) atoms. The molecule has 0 bridgehead atoms. The van der Waals surface area contributed by atoms with E-state index in [1.54, 1.807) is 6.07 Å². The number of nitrogens with zero attached hydrogens (tertiary/aromatic N) is 3. The molecule has 0 amide bonds. The number of ether oxygens (including phenoxy) is 1. The topological polar surface area (TPSA) is 109 Å². The molecular formula is C24H27ClN4O5S. The van der Waals surface area contributed by atoms with Gasteiger partial charge in [0.15, 0.2) is 0 Å². The number of halogens is 1. The molecular weight excluding hydrogens is 492 g/mol. The Balaban J connectivity index is 1.80. The van der Waals surface area contributed by atoms with Crippen molar-refractivity contribution in [1.82, 2.24) is 19.4 Å². The average Bonchev–Trinajstić information content (AvgIpc) is 3.17. The van der Waals surface area contributed by atoms with Crippen LogP contribution in [0.4, 0.5) is 0 Å². The van der Waals surface area contributed by atoms with Crippen LogP contribution in [0.5, 0.6) is 5.75 Å². The van der Waals surface area contributed by atoms with E-state index in [9.17, 15) is 13.2 Å². The number of aryl methyl sites for hydroxylation is 1. The molecule has 0 aliphatic carbocycles. The van der Waals surface area contributed by atoms with Gasteiger partial charge in [0.2, 0.25) is 15.9 Å². The molecule has 0 radical (unpaired) electrons. The fourth-order valence-electron chi connectivity index (χ4n) is 5.32. The number of hydrogen-bond donors (Lipinski definition) is 1. The third-order valence-corrected chi connectivity index (χ3v) is 9.25. The van der Waals surface area contributed by atoms with Crippen LogP contribution in [0.2, 0.25) is 5.02 Å². The van der Waals surface area contributed by atoms with Crippen LogP contribution in [-0.2, 0) is 16.6 Å². The normalized spacial score (nSPS) is 23.2. The van der Waals surface area contributed by atoms with Crippen molar-refractivity contribution in [3.8, 4) is 5.75 Å². The largest absolute Gasteiger partial charge is 0.490 e. The van der Waals surface area contributed by atoms with Gasteiger partial charge in [0.05, 0.1) is 6.04 Å². The standard InChI is InChI=1S/C24H27ClN4O5S/c1-12-6-7-15-18-11-33-22-16(10-28(4)5)17(25)8-9-19(22)35(31,32)29(18)21(14(3)20(15)13(12)2)23-26-27-24(30)34-23/h6-9,14,18,21H,10-11H2,1-5H3,(H,27,30)/t14?,18?,21-/m0/s1. The van der Waals surface area contributed by atoms with Crippen LogP contribution in [0.15, 0.2) is 38.4 Å². The zero-order valence-electron chi connectivity index (χ0n) is 20.1. The summed E-state index contributed by atoms with van der Waals surface area (Å²) in [7, 11) is -0.370. The van der Waals surface area contributed by atoms with E-state index in [0.717, 1.165) is 22.3 Å². The first kappa shape index (κ1) is 24.1. The van der Waals surface area contributed by atoms with Crippen LogP contribution in [0.25, 0.3) is 0 Å². The SMILES string of the molecule is Cc1ccc2c(c1C)C(C)[C@@H](c1n[nH]c(=O)o1)N1C2COc2c(ccc(Cl)c2CN(C)C)S1(=O)=O. The first-order chi connectivity index (χ1) is 16.5. The van der Waals surface area contributed by atoms with Crippen molar-refractivity contribution in [3.05, 3.63) is 73.5 Å². The Morgan fingerprint density at radius 3 is 2.63 bits per heavy atom. The van der Waals surface area contributed by atoms with E-state index < -0.39 is 27.9 Å². The monoisotopic (exact) mass is 518 g/mol. The summed E-state index contributed by atoms with van der Waals surface area (Å²) in [4.78, 5) is 13.8. The third kappa shape index (κ3) is 3.70. The van der Waals surface area contributed by atoms with Gasteiger partial charge in [-0.1, -0.05) is 30.7 Å². The van der Waals surface area contributed by atoms with Crippen LogP contribution in [0, 0.1) is 13.8 Å². The van der Waals surface area contributed by atoms with Crippen molar-refractivity contribution in [2.45, 2.75) is 50.2 Å². The molecule has 1 N–H and O–H groups in total. The van der Waals surface area contributed by atoms with Gasteiger partial charge in [0.25, 0.3) is 0 Å². The number of aromatic nitrogens is 2. The molecule has 5 rings (SSSR count). The lowest BCUT2D eigenvalue weighted by atomic mass is 9.79. The van der Waals surface area contributed by atoms with Gasteiger partial charge in [-0.3, -0.25) is 0 Å². The Kier molecular flexibility index (Phi) is 5.83. The molecule has 1 aromatic heterocycles. The number of nitrogens with one attached hydrogen (secondary N) is 1. The number of rotatable bonds is 3. The van der Waals surface area contributed by atoms with Gasteiger partial charge in [0, 0.05) is 23.0 Å². The highest BCUT2D eigenvalue weighted by Gasteiger charge is 2.51. The van der Waals surface area contributed by atoms with Gasteiger partial charge in [-0.05, 0) is 62.3 Å². The summed E-state index contributed by atoms with van der Waals surface area (Å²) in [6.07, 6.45) is 0.